The first-order valence-electron chi connectivity index (χ1n) is 11.3. The van der Waals surface area contributed by atoms with Crippen LogP contribution in [-0.2, 0) is 18.8 Å². The number of β-lactam (4-membered cyclic amide) rings is 1. The second-order valence-corrected chi connectivity index (χ2v) is 15.8. The van der Waals surface area contributed by atoms with E-state index in [4.69, 9.17) is 9.16 Å². The lowest BCUT2D eigenvalue weighted by Crippen LogP contribution is -2.64. The van der Waals surface area contributed by atoms with Gasteiger partial charge in [-0.1, -0.05) is 70.3 Å². The van der Waals surface area contributed by atoms with Gasteiger partial charge in [-0.25, -0.2) is 4.79 Å². The average molecular weight is 474 g/mol. The summed E-state index contributed by atoms with van der Waals surface area (Å²) in [6.45, 7) is 16.9. The van der Waals surface area contributed by atoms with Crippen LogP contribution >= 0.6 is 11.8 Å². The number of benzene rings is 1. The van der Waals surface area contributed by atoms with Crippen LogP contribution in [0, 0.1) is 5.92 Å². The Morgan fingerprint density at radius 3 is 2.53 bits per heavy atom. The van der Waals surface area contributed by atoms with Crippen molar-refractivity contribution in [1.29, 1.82) is 0 Å². The molecule has 32 heavy (non-hydrogen) atoms. The van der Waals surface area contributed by atoms with Crippen LogP contribution in [-0.4, -0.2) is 43.8 Å². The van der Waals surface area contributed by atoms with Gasteiger partial charge in [0, 0.05) is 16.2 Å². The quantitative estimate of drug-likeness (QED) is 0.198. The molecule has 2 aliphatic rings. The first-order valence-corrected chi connectivity index (χ1v) is 15.0. The van der Waals surface area contributed by atoms with Gasteiger partial charge in [-0.3, -0.25) is 4.79 Å². The summed E-state index contributed by atoms with van der Waals surface area (Å²) in [5.41, 5.74) is 0.383. The largest absolute Gasteiger partial charge is 0.457 e. The second-order valence-electron chi connectivity index (χ2n) is 9.90. The molecular formula is C25H35NO4SSi. The summed E-state index contributed by atoms with van der Waals surface area (Å²) < 4.78 is 12.0. The number of esters is 1. The summed E-state index contributed by atoms with van der Waals surface area (Å²) >= 11 is 1.54. The maximum Gasteiger partial charge on any atom is 0.356 e. The highest BCUT2D eigenvalue weighted by atomic mass is 32.2. The highest BCUT2D eigenvalue weighted by molar-refractivity contribution is 8.03. The lowest BCUT2D eigenvalue weighted by atomic mass is 9.82. The predicted molar refractivity (Wildman–Crippen MR) is 132 cm³/mol. The smallest absolute Gasteiger partial charge is 0.356 e. The second kappa shape index (κ2) is 9.57. The zero-order chi connectivity index (χ0) is 23.7. The van der Waals surface area contributed by atoms with E-state index in [-0.39, 0.29) is 35.6 Å². The van der Waals surface area contributed by atoms with E-state index in [0.717, 1.165) is 16.2 Å². The molecule has 0 N–H and O–H groups in total. The molecule has 5 nitrogen and oxygen atoms in total. The van der Waals surface area contributed by atoms with E-state index in [0.29, 0.717) is 12.1 Å². The van der Waals surface area contributed by atoms with Crippen molar-refractivity contribution in [2.24, 2.45) is 5.92 Å². The molecule has 1 saturated heterocycles. The topological polar surface area (TPSA) is 55.8 Å². The van der Waals surface area contributed by atoms with Crippen LogP contribution in [0.3, 0.4) is 0 Å². The van der Waals surface area contributed by atoms with Crippen molar-refractivity contribution in [3.05, 3.63) is 53.6 Å². The maximum atomic E-state index is 13.4. The Bertz CT molecular complexity index is 906. The summed E-state index contributed by atoms with van der Waals surface area (Å²) in [7, 11) is -2.03. The van der Waals surface area contributed by atoms with Gasteiger partial charge in [0.25, 0.3) is 0 Å². The van der Waals surface area contributed by atoms with Crippen molar-refractivity contribution in [2.75, 3.05) is 6.61 Å². The van der Waals surface area contributed by atoms with E-state index in [2.05, 4.69) is 47.4 Å². The third-order valence-electron chi connectivity index (χ3n) is 6.73. The minimum atomic E-state index is -2.03. The summed E-state index contributed by atoms with van der Waals surface area (Å²) in [6.07, 6.45) is 2.81. The van der Waals surface area contributed by atoms with Crippen molar-refractivity contribution in [3.63, 3.8) is 0 Å². The monoisotopic (exact) mass is 473 g/mol. The molecule has 2 aliphatic heterocycles. The van der Waals surface area contributed by atoms with Gasteiger partial charge in [0.1, 0.15) is 12.3 Å². The molecule has 1 aromatic carbocycles. The Morgan fingerprint density at radius 2 is 1.97 bits per heavy atom. The number of thioether (sulfide) groups is 1. The van der Waals surface area contributed by atoms with Crippen molar-refractivity contribution < 1.29 is 18.8 Å². The molecule has 0 radical (unpaired) electrons. The minimum Gasteiger partial charge on any atom is -0.457 e. The SMILES string of the molecule is C=CCOC(=O)C1=C(Sc2ccccc2)C[C@@H]2[C@H](C(CC)O[Si](C)(C)C(C)(C)C)C(=O)N12. The molecule has 7 heteroatoms. The molecule has 3 rings (SSSR count). The maximum absolute atomic E-state index is 13.4. The lowest BCUT2D eigenvalue weighted by Gasteiger charge is -2.49. The molecule has 3 atom stereocenters. The van der Waals surface area contributed by atoms with Crippen molar-refractivity contribution in [3.8, 4) is 0 Å². The number of rotatable bonds is 9. The van der Waals surface area contributed by atoms with E-state index in [1.807, 2.05) is 30.3 Å². The third kappa shape index (κ3) is 4.75. The van der Waals surface area contributed by atoms with E-state index < -0.39 is 14.3 Å². The van der Waals surface area contributed by atoms with Crippen LogP contribution in [0.2, 0.25) is 18.1 Å². The number of nitrogens with zero attached hydrogens (tertiary/aromatic N) is 1. The van der Waals surface area contributed by atoms with E-state index in [1.165, 1.54) is 17.8 Å². The van der Waals surface area contributed by atoms with Gasteiger partial charge in [0.2, 0.25) is 5.91 Å². The number of carbonyl (C=O) groups excluding carboxylic acids is 2. The van der Waals surface area contributed by atoms with Crippen LogP contribution < -0.4 is 0 Å². The molecule has 1 aromatic rings. The predicted octanol–water partition coefficient (Wildman–Crippen LogP) is 5.75. The fourth-order valence-corrected chi connectivity index (χ4v) is 6.52. The Kier molecular flexibility index (Phi) is 7.42. The molecule has 1 unspecified atom stereocenters. The van der Waals surface area contributed by atoms with Crippen molar-refractivity contribution >= 4 is 32.0 Å². The summed E-state index contributed by atoms with van der Waals surface area (Å²) in [5, 5.41) is 0.0643. The standard InChI is InChI=1S/C25H35NO4SSi/c1-8-15-29-24(28)22-20(31-17-13-11-10-12-14-17)16-18-21(23(27)26(18)22)19(9-2)30-32(6,7)25(3,4)5/h8,10-14,18-19,21H,1,9,15-16H2,2-7H3/t18-,19?,21-/m1/s1. The third-order valence-corrected chi connectivity index (χ3v) is 12.4. The minimum absolute atomic E-state index is 0.0326. The molecular weight excluding hydrogens is 438 g/mol. The first-order chi connectivity index (χ1) is 15.0. The zero-order valence-electron chi connectivity index (χ0n) is 20.0. The Hall–Kier alpha value is -1.83. The average Bonchev–Trinajstić information content (AvgIpc) is 3.05. The Labute approximate surface area is 197 Å². The number of carbonyl (C=O) groups is 2. The number of hydrogen-bond donors (Lipinski definition) is 0. The molecule has 0 aliphatic carbocycles. The molecule has 1 amide bonds. The number of fused-ring (bicyclic) bond motifs is 1. The van der Waals surface area contributed by atoms with Gasteiger partial charge in [-0.2, -0.15) is 0 Å². The van der Waals surface area contributed by atoms with Crippen LogP contribution in [0.25, 0.3) is 0 Å². The summed E-state index contributed by atoms with van der Waals surface area (Å²) in [5.74, 6) is -0.726. The van der Waals surface area contributed by atoms with Crippen LogP contribution in [0.15, 0.2) is 58.5 Å². The molecule has 0 aromatic heterocycles. The van der Waals surface area contributed by atoms with E-state index >= 15 is 0 Å². The molecule has 174 valence electrons. The number of amides is 1. The van der Waals surface area contributed by atoms with Gasteiger partial charge in [0.15, 0.2) is 8.32 Å². The van der Waals surface area contributed by atoms with E-state index in [9.17, 15) is 9.59 Å². The Morgan fingerprint density at radius 1 is 1.31 bits per heavy atom. The number of hydrogen-bond acceptors (Lipinski definition) is 5. The lowest BCUT2D eigenvalue weighted by molar-refractivity contribution is -0.162. The van der Waals surface area contributed by atoms with Gasteiger partial charge in [0.05, 0.1) is 18.1 Å². The highest BCUT2D eigenvalue weighted by Gasteiger charge is 2.59. The summed E-state index contributed by atoms with van der Waals surface area (Å²) in [6, 6.07) is 9.86. The van der Waals surface area contributed by atoms with E-state index in [1.54, 1.807) is 4.90 Å². The normalized spacial score (nSPS) is 21.8. The van der Waals surface area contributed by atoms with Gasteiger partial charge in [-0.05, 0) is 36.7 Å². The van der Waals surface area contributed by atoms with Crippen molar-refractivity contribution in [2.45, 2.75) is 75.7 Å². The number of ether oxygens (including phenoxy) is 1. The molecule has 2 heterocycles. The molecule has 0 saturated carbocycles. The fourth-order valence-electron chi connectivity index (χ4n) is 3.99. The van der Waals surface area contributed by atoms with Gasteiger partial charge < -0.3 is 14.1 Å². The van der Waals surface area contributed by atoms with Crippen LogP contribution in [0.1, 0.15) is 40.5 Å². The van der Waals surface area contributed by atoms with Crippen LogP contribution in [0.4, 0.5) is 0 Å². The van der Waals surface area contributed by atoms with Gasteiger partial charge in [-0.15, -0.1) is 0 Å². The summed E-state index contributed by atoms with van der Waals surface area (Å²) in [4.78, 5) is 29.8. The zero-order valence-corrected chi connectivity index (χ0v) is 21.8. The van der Waals surface area contributed by atoms with Crippen LogP contribution in [0.5, 0.6) is 0 Å². The molecule has 0 spiro atoms. The van der Waals surface area contributed by atoms with Gasteiger partial charge >= 0.3 is 5.97 Å². The van der Waals surface area contributed by atoms with Crippen molar-refractivity contribution in [1.82, 2.24) is 4.90 Å². The first kappa shape index (κ1) is 24.8. The Balaban J connectivity index is 1.86. The molecule has 1 fully saturated rings. The highest BCUT2D eigenvalue weighted by Crippen LogP contribution is 2.50. The fraction of sp³-hybridized carbons (Fsp3) is 0.520. The molecule has 0 bridgehead atoms.